The molecule has 0 saturated carbocycles. The van der Waals surface area contributed by atoms with Gasteiger partial charge in [-0.2, -0.15) is 5.10 Å². The zero-order valence-electron chi connectivity index (χ0n) is 26.6. The van der Waals surface area contributed by atoms with Crippen LogP contribution in [-0.4, -0.2) is 30.6 Å². The van der Waals surface area contributed by atoms with Gasteiger partial charge in [0, 0.05) is 23.3 Å². The minimum absolute atomic E-state index is 0.163. The van der Waals surface area contributed by atoms with E-state index in [0.717, 1.165) is 38.9 Å². The van der Waals surface area contributed by atoms with Crippen LogP contribution in [0.15, 0.2) is 152 Å². The van der Waals surface area contributed by atoms with Gasteiger partial charge >= 0.3 is 0 Å². The molecule has 5 aromatic carbocycles. The van der Waals surface area contributed by atoms with E-state index >= 15 is 0 Å². The fourth-order valence-corrected chi connectivity index (χ4v) is 6.73. The third kappa shape index (κ3) is 5.23. The summed E-state index contributed by atoms with van der Waals surface area (Å²) in [5, 5.41) is 9.26. The molecule has 49 heavy (non-hydrogen) atoms. The number of amides is 1. The van der Waals surface area contributed by atoms with Gasteiger partial charge < -0.3 is 10.3 Å². The zero-order valence-corrected chi connectivity index (χ0v) is 26.6. The molecule has 0 spiro atoms. The lowest BCUT2D eigenvalue weighted by Crippen LogP contribution is -2.38. The number of aromatic amines is 1. The minimum Gasteiger partial charge on any atom is -0.343 e. The number of nitrogens with zero attached hydrogens (tertiary/aromatic N) is 4. The van der Waals surface area contributed by atoms with Crippen molar-refractivity contribution in [1.29, 1.82) is 0 Å². The SMILES string of the molecule is CC(NC(=O)c1nc2cc3c(-c4ccncc4)nn(C(c4ccccc4)(c4ccccc4)c4ccccc4)c3cc2[nH]1)c1cccc(F)c1. The highest BCUT2D eigenvalue weighted by molar-refractivity contribution is 6.03. The fourth-order valence-electron chi connectivity index (χ4n) is 6.73. The van der Waals surface area contributed by atoms with Crippen LogP contribution < -0.4 is 5.32 Å². The van der Waals surface area contributed by atoms with E-state index in [0.29, 0.717) is 16.6 Å². The number of imidazole rings is 1. The quantitative estimate of drug-likeness (QED) is 0.163. The number of aromatic nitrogens is 5. The fraction of sp³-hybridized carbons (Fsp3) is 0.0732. The second-order valence-corrected chi connectivity index (χ2v) is 12.0. The van der Waals surface area contributed by atoms with E-state index in [2.05, 4.69) is 56.4 Å². The summed E-state index contributed by atoms with van der Waals surface area (Å²) in [5.74, 6) is -0.581. The molecular formula is C41H31FN6O. The normalized spacial score (nSPS) is 12.3. The Bertz CT molecular complexity index is 2310. The predicted molar refractivity (Wildman–Crippen MR) is 190 cm³/mol. The van der Waals surface area contributed by atoms with Crippen LogP contribution in [0.4, 0.5) is 4.39 Å². The number of benzene rings is 5. The summed E-state index contributed by atoms with van der Waals surface area (Å²) in [6.45, 7) is 1.82. The van der Waals surface area contributed by atoms with Gasteiger partial charge in [-0.1, -0.05) is 103 Å². The van der Waals surface area contributed by atoms with Crippen molar-refractivity contribution in [3.63, 3.8) is 0 Å². The molecule has 0 saturated heterocycles. The van der Waals surface area contributed by atoms with Gasteiger partial charge in [-0.15, -0.1) is 0 Å². The number of pyridine rings is 1. The summed E-state index contributed by atoms with van der Waals surface area (Å²) in [5.41, 5.74) is 6.71. The number of halogens is 1. The molecular weight excluding hydrogens is 611 g/mol. The lowest BCUT2D eigenvalue weighted by atomic mass is 9.77. The number of H-pyrrole nitrogens is 1. The Kier molecular flexibility index (Phi) is 7.53. The molecule has 0 aliphatic rings. The van der Waals surface area contributed by atoms with Crippen molar-refractivity contribution in [2.24, 2.45) is 0 Å². The number of hydrogen-bond acceptors (Lipinski definition) is 4. The molecule has 238 valence electrons. The molecule has 1 atom stereocenters. The number of nitrogens with one attached hydrogen (secondary N) is 2. The second kappa shape index (κ2) is 12.3. The molecule has 0 fully saturated rings. The van der Waals surface area contributed by atoms with Gasteiger partial charge in [0.1, 0.15) is 17.1 Å². The molecule has 3 aromatic heterocycles. The lowest BCUT2D eigenvalue weighted by molar-refractivity contribution is 0.0930. The molecule has 8 rings (SSSR count). The summed E-state index contributed by atoms with van der Waals surface area (Å²) in [6, 6.07) is 44.8. The summed E-state index contributed by atoms with van der Waals surface area (Å²) in [7, 11) is 0. The van der Waals surface area contributed by atoms with E-state index in [1.807, 2.05) is 85.8 Å². The Morgan fingerprint density at radius 1 is 0.776 bits per heavy atom. The number of fused-ring (bicyclic) bond motifs is 2. The highest BCUT2D eigenvalue weighted by Crippen LogP contribution is 2.44. The van der Waals surface area contributed by atoms with Crippen LogP contribution in [0.25, 0.3) is 33.2 Å². The van der Waals surface area contributed by atoms with Crippen LogP contribution >= 0.6 is 0 Å². The Morgan fingerprint density at radius 3 is 1.98 bits per heavy atom. The first-order chi connectivity index (χ1) is 24.0. The van der Waals surface area contributed by atoms with Gasteiger partial charge in [0.15, 0.2) is 5.82 Å². The average molecular weight is 643 g/mol. The molecule has 0 radical (unpaired) electrons. The highest BCUT2D eigenvalue weighted by Gasteiger charge is 2.41. The number of rotatable bonds is 8. The van der Waals surface area contributed by atoms with E-state index in [-0.39, 0.29) is 17.5 Å². The van der Waals surface area contributed by atoms with Crippen molar-refractivity contribution in [3.05, 3.63) is 186 Å². The monoisotopic (exact) mass is 642 g/mol. The summed E-state index contributed by atoms with van der Waals surface area (Å²) in [4.78, 5) is 25.7. The first-order valence-electron chi connectivity index (χ1n) is 16.1. The van der Waals surface area contributed by atoms with Crippen molar-refractivity contribution >= 4 is 27.8 Å². The molecule has 2 N–H and O–H groups in total. The van der Waals surface area contributed by atoms with Gasteiger partial charge in [0.25, 0.3) is 5.91 Å². The topological polar surface area (TPSA) is 88.5 Å². The van der Waals surface area contributed by atoms with Gasteiger partial charge in [0.2, 0.25) is 0 Å². The second-order valence-electron chi connectivity index (χ2n) is 12.0. The van der Waals surface area contributed by atoms with E-state index in [9.17, 15) is 9.18 Å². The Morgan fingerprint density at radius 2 is 1.39 bits per heavy atom. The van der Waals surface area contributed by atoms with E-state index in [1.54, 1.807) is 24.5 Å². The minimum atomic E-state index is -0.873. The standard InChI is InChI=1S/C41H31FN6O/c1-27(29-12-11-19-33(42)24-29)44-40(49)39-45-35-25-34-37(26-36(35)46-39)48(47-38(34)28-20-22-43-23-21-28)41(30-13-5-2-6-14-30,31-15-7-3-8-16-31)32-17-9-4-10-18-32/h2-27H,1H3,(H,44,49)(H,45,46). The Hall–Kier alpha value is -6.41. The molecule has 0 aliphatic heterocycles. The van der Waals surface area contributed by atoms with Gasteiger partial charge in [-0.25, -0.2) is 14.1 Å². The van der Waals surface area contributed by atoms with E-state index in [4.69, 9.17) is 10.1 Å². The third-order valence-electron chi connectivity index (χ3n) is 9.04. The maximum Gasteiger partial charge on any atom is 0.287 e. The zero-order chi connectivity index (χ0) is 33.4. The molecule has 0 bridgehead atoms. The average Bonchev–Trinajstić information content (AvgIpc) is 3.74. The Balaban J connectivity index is 1.37. The van der Waals surface area contributed by atoms with Gasteiger partial charge in [-0.3, -0.25) is 9.78 Å². The molecule has 8 aromatic rings. The summed E-state index contributed by atoms with van der Waals surface area (Å²) < 4.78 is 16.0. The molecule has 0 aliphatic carbocycles. The van der Waals surface area contributed by atoms with Crippen LogP contribution in [0.1, 0.15) is 45.8 Å². The van der Waals surface area contributed by atoms with Crippen molar-refractivity contribution in [1.82, 2.24) is 30.0 Å². The van der Waals surface area contributed by atoms with Crippen molar-refractivity contribution < 1.29 is 9.18 Å². The summed E-state index contributed by atoms with van der Waals surface area (Å²) in [6.07, 6.45) is 3.52. The van der Waals surface area contributed by atoms with E-state index in [1.165, 1.54) is 12.1 Å². The van der Waals surface area contributed by atoms with Crippen molar-refractivity contribution in [3.8, 4) is 11.3 Å². The first kappa shape index (κ1) is 30.0. The molecule has 1 unspecified atom stereocenters. The Labute approximate surface area is 282 Å². The number of carbonyl (C=O) groups excluding carboxylic acids is 1. The molecule has 1 amide bonds. The van der Waals surface area contributed by atoms with Crippen molar-refractivity contribution in [2.45, 2.75) is 18.5 Å². The molecule has 7 nitrogen and oxygen atoms in total. The predicted octanol–water partition coefficient (Wildman–Crippen LogP) is 8.44. The largest absolute Gasteiger partial charge is 0.343 e. The molecule has 3 heterocycles. The van der Waals surface area contributed by atoms with E-state index < -0.39 is 11.6 Å². The lowest BCUT2D eigenvalue weighted by Gasteiger charge is -2.37. The third-order valence-corrected chi connectivity index (χ3v) is 9.04. The van der Waals surface area contributed by atoms with Gasteiger partial charge in [-0.05, 0) is 65.6 Å². The van der Waals surface area contributed by atoms with Gasteiger partial charge in [0.05, 0.1) is 22.6 Å². The summed E-state index contributed by atoms with van der Waals surface area (Å²) >= 11 is 0. The van der Waals surface area contributed by atoms with Crippen LogP contribution in [0, 0.1) is 5.82 Å². The maximum absolute atomic E-state index is 13.9. The van der Waals surface area contributed by atoms with Crippen LogP contribution in [0.5, 0.6) is 0 Å². The highest BCUT2D eigenvalue weighted by atomic mass is 19.1. The van der Waals surface area contributed by atoms with Crippen LogP contribution in [0.2, 0.25) is 0 Å². The maximum atomic E-state index is 13.9. The number of hydrogen-bond donors (Lipinski definition) is 2. The van der Waals surface area contributed by atoms with Crippen LogP contribution in [-0.2, 0) is 5.54 Å². The molecule has 8 heteroatoms. The van der Waals surface area contributed by atoms with Crippen LogP contribution in [0.3, 0.4) is 0 Å². The number of carbonyl (C=O) groups is 1. The first-order valence-corrected chi connectivity index (χ1v) is 16.1. The smallest absolute Gasteiger partial charge is 0.287 e. The van der Waals surface area contributed by atoms with Crippen molar-refractivity contribution in [2.75, 3.05) is 0 Å².